The zero-order valence-electron chi connectivity index (χ0n) is 20.1. The fourth-order valence-corrected chi connectivity index (χ4v) is 4.17. The van der Waals surface area contributed by atoms with Gasteiger partial charge in [-0.15, -0.1) is 0 Å². The highest BCUT2D eigenvalue weighted by Crippen LogP contribution is 2.37. The molecule has 0 fully saturated rings. The van der Waals surface area contributed by atoms with E-state index in [-0.39, 0.29) is 12.2 Å². The van der Waals surface area contributed by atoms with Gasteiger partial charge in [0, 0.05) is 27.5 Å². The summed E-state index contributed by atoms with van der Waals surface area (Å²) in [4.78, 5) is 12.3. The van der Waals surface area contributed by atoms with Crippen LogP contribution in [0, 0.1) is 19.7 Å². The van der Waals surface area contributed by atoms with Crippen molar-refractivity contribution in [3.63, 3.8) is 0 Å². The molecule has 1 aromatic heterocycles. The van der Waals surface area contributed by atoms with Crippen molar-refractivity contribution in [2.24, 2.45) is 0 Å². The smallest absolute Gasteiger partial charge is 0.416 e. The zero-order chi connectivity index (χ0) is 26.9. The highest BCUT2D eigenvalue weighted by Gasteiger charge is 2.31. The van der Waals surface area contributed by atoms with Crippen LogP contribution in [0.1, 0.15) is 32.7 Å². The number of methoxy groups -OCH3 is 1. The molecule has 0 spiro atoms. The summed E-state index contributed by atoms with van der Waals surface area (Å²) in [6.45, 7) is 3.40. The Morgan fingerprint density at radius 3 is 2.41 bits per heavy atom. The number of nitrogens with zero attached hydrogens (tertiary/aromatic N) is 1. The summed E-state index contributed by atoms with van der Waals surface area (Å²) in [5, 5.41) is 0.424. The van der Waals surface area contributed by atoms with E-state index in [4.69, 9.17) is 21.1 Å². The number of alkyl halides is 3. The highest BCUT2D eigenvalue weighted by atomic mass is 35.5. The van der Waals surface area contributed by atoms with Crippen molar-refractivity contribution in [1.29, 1.82) is 0 Å². The fraction of sp³-hybridized carbons (Fsp3) is 0.179. The van der Waals surface area contributed by atoms with Gasteiger partial charge in [-0.2, -0.15) is 13.2 Å². The number of hydrogen-bond acceptors (Lipinski definition) is 3. The molecule has 0 bridgehead atoms. The van der Waals surface area contributed by atoms with Crippen LogP contribution in [0.3, 0.4) is 0 Å². The topological polar surface area (TPSA) is 40.5 Å². The molecule has 0 aliphatic rings. The van der Waals surface area contributed by atoms with Gasteiger partial charge in [0.05, 0.1) is 23.9 Å². The number of ether oxygens (including phenoxy) is 2. The van der Waals surface area contributed by atoms with Crippen molar-refractivity contribution in [1.82, 2.24) is 4.57 Å². The van der Waals surface area contributed by atoms with E-state index < -0.39 is 23.5 Å². The molecule has 0 aliphatic carbocycles. The predicted octanol–water partition coefficient (Wildman–Crippen LogP) is 7.94. The van der Waals surface area contributed by atoms with Crippen LogP contribution in [0.25, 0.3) is 16.9 Å². The maximum absolute atomic E-state index is 14.4. The fourth-order valence-electron chi connectivity index (χ4n) is 3.99. The molecule has 0 aliphatic heterocycles. The summed E-state index contributed by atoms with van der Waals surface area (Å²) in [5.41, 5.74) is 2.89. The van der Waals surface area contributed by atoms with Gasteiger partial charge in [0.1, 0.15) is 18.2 Å². The molecule has 1 heterocycles. The third-order valence-electron chi connectivity index (χ3n) is 5.94. The molecule has 0 amide bonds. The van der Waals surface area contributed by atoms with E-state index in [1.807, 2.05) is 42.7 Å². The van der Waals surface area contributed by atoms with Gasteiger partial charge in [0.2, 0.25) is 0 Å². The molecule has 4 nitrogen and oxygen atoms in total. The maximum atomic E-state index is 14.4. The minimum atomic E-state index is -4.64. The van der Waals surface area contributed by atoms with Crippen molar-refractivity contribution < 1.29 is 31.8 Å². The summed E-state index contributed by atoms with van der Waals surface area (Å²) in [5.74, 6) is -1.13. The van der Waals surface area contributed by atoms with E-state index in [0.29, 0.717) is 39.3 Å². The number of aromatic nitrogens is 1. The largest absolute Gasteiger partial charge is 0.488 e. The Morgan fingerprint density at radius 2 is 1.73 bits per heavy atom. The van der Waals surface area contributed by atoms with Gasteiger partial charge >= 0.3 is 12.1 Å². The van der Waals surface area contributed by atoms with Gasteiger partial charge in [-0.1, -0.05) is 23.7 Å². The molecule has 192 valence electrons. The van der Waals surface area contributed by atoms with Crippen molar-refractivity contribution in [2.75, 3.05) is 7.11 Å². The average molecular weight is 532 g/mol. The molecule has 0 atom stereocenters. The van der Waals surface area contributed by atoms with Crippen LogP contribution < -0.4 is 4.74 Å². The summed E-state index contributed by atoms with van der Waals surface area (Å²) < 4.78 is 65.7. The van der Waals surface area contributed by atoms with E-state index in [0.717, 1.165) is 23.4 Å². The van der Waals surface area contributed by atoms with Gasteiger partial charge in [0.15, 0.2) is 0 Å². The van der Waals surface area contributed by atoms with E-state index in [9.17, 15) is 22.4 Å². The van der Waals surface area contributed by atoms with Gasteiger partial charge in [-0.05, 0) is 74.0 Å². The van der Waals surface area contributed by atoms with Crippen molar-refractivity contribution >= 4 is 17.6 Å². The molecular weight excluding hydrogens is 510 g/mol. The molecular formula is C28H22ClF4NO3. The Labute approximate surface area is 216 Å². The summed E-state index contributed by atoms with van der Waals surface area (Å²) in [6.07, 6.45) is -4.64. The molecule has 37 heavy (non-hydrogen) atoms. The van der Waals surface area contributed by atoms with Crippen LogP contribution >= 0.6 is 11.6 Å². The molecule has 4 rings (SSSR count). The summed E-state index contributed by atoms with van der Waals surface area (Å²) in [6, 6.07) is 16.3. The SMILES string of the molecule is COC(=O)c1cc(-n2c(C)ccc2-c2cc(Cl)ccc2OCc2ccc(C(F)(F)F)cc2F)ccc1C. The lowest BCUT2D eigenvalue weighted by molar-refractivity contribution is -0.137. The minimum absolute atomic E-state index is 0.0262. The van der Waals surface area contributed by atoms with Crippen LogP contribution in [0.4, 0.5) is 17.6 Å². The van der Waals surface area contributed by atoms with Gasteiger partial charge in [0.25, 0.3) is 0 Å². The van der Waals surface area contributed by atoms with Gasteiger partial charge in [-0.3, -0.25) is 0 Å². The van der Waals surface area contributed by atoms with E-state index in [1.165, 1.54) is 7.11 Å². The molecule has 9 heteroatoms. The molecule has 0 saturated carbocycles. The number of carbonyl (C=O) groups is 1. The monoisotopic (exact) mass is 531 g/mol. The highest BCUT2D eigenvalue weighted by molar-refractivity contribution is 6.31. The standard InChI is InChI=1S/C28H22ClF4NO3/c1-16-4-9-21(14-22(16)27(35)36-3)34-17(2)5-10-25(34)23-13-20(29)8-11-26(23)37-15-18-6-7-19(12-24(18)30)28(31,32)33/h4-14H,15H2,1-3H3. The van der Waals surface area contributed by atoms with Crippen LogP contribution in [0.15, 0.2) is 66.7 Å². The number of benzene rings is 3. The number of aryl methyl sites for hydroxylation is 2. The number of esters is 1. The molecule has 4 aromatic rings. The normalized spacial score (nSPS) is 11.5. The van der Waals surface area contributed by atoms with E-state index >= 15 is 0 Å². The van der Waals surface area contributed by atoms with E-state index in [1.54, 1.807) is 24.3 Å². The Hall–Kier alpha value is -3.78. The van der Waals surface area contributed by atoms with Gasteiger partial charge in [-0.25, -0.2) is 9.18 Å². The van der Waals surface area contributed by atoms with Crippen molar-refractivity contribution in [2.45, 2.75) is 26.6 Å². The second-order valence-electron chi connectivity index (χ2n) is 8.42. The number of carbonyl (C=O) groups excluding carboxylic acids is 1. The van der Waals surface area contributed by atoms with E-state index in [2.05, 4.69) is 0 Å². The molecule has 0 N–H and O–H groups in total. The van der Waals surface area contributed by atoms with Crippen LogP contribution in [-0.2, 0) is 17.5 Å². The minimum Gasteiger partial charge on any atom is -0.488 e. The van der Waals surface area contributed by atoms with Gasteiger partial charge < -0.3 is 14.0 Å². The second-order valence-corrected chi connectivity index (χ2v) is 8.86. The first-order valence-corrected chi connectivity index (χ1v) is 11.5. The summed E-state index contributed by atoms with van der Waals surface area (Å²) in [7, 11) is 1.32. The van der Waals surface area contributed by atoms with Crippen molar-refractivity contribution in [3.8, 4) is 22.7 Å². The maximum Gasteiger partial charge on any atom is 0.416 e. The zero-order valence-corrected chi connectivity index (χ0v) is 20.9. The van der Waals surface area contributed by atoms with Crippen molar-refractivity contribution in [3.05, 3.63) is 106 Å². The third-order valence-corrected chi connectivity index (χ3v) is 6.18. The Balaban J connectivity index is 1.73. The molecule has 0 unspecified atom stereocenters. The summed E-state index contributed by atoms with van der Waals surface area (Å²) >= 11 is 6.29. The lowest BCUT2D eigenvalue weighted by Crippen LogP contribution is -2.08. The van der Waals surface area contributed by atoms with Crippen LogP contribution in [0.5, 0.6) is 5.75 Å². The number of rotatable bonds is 6. The lowest BCUT2D eigenvalue weighted by Gasteiger charge is -2.17. The average Bonchev–Trinajstić information content (AvgIpc) is 3.24. The predicted molar refractivity (Wildman–Crippen MR) is 133 cm³/mol. The number of halogens is 5. The second kappa shape index (κ2) is 10.3. The first-order chi connectivity index (χ1) is 17.5. The van der Waals surface area contributed by atoms with Crippen LogP contribution in [-0.4, -0.2) is 17.6 Å². The first-order valence-electron chi connectivity index (χ1n) is 11.2. The quantitative estimate of drug-likeness (QED) is 0.187. The Bertz CT molecular complexity index is 1480. The molecule has 3 aromatic carbocycles. The molecule has 0 saturated heterocycles. The van der Waals surface area contributed by atoms with Crippen LogP contribution in [0.2, 0.25) is 5.02 Å². The Morgan fingerprint density at radius 1 is 0.973 bits per heavy atom. The molecule has 0 radical (unpaired) electrons. The first kappa shape index (κ1) is 26.3. The Kier molecular flexibility index (Phi) is 7.32. The number of hydrogen-bond donors (Lipinski definition) is 0. The third kappa shape index (κ3) is 5.49. The lowest BCUT2D eigenvalue weighted by atomic mass is 10.1.